The number of carbonyl (C=O) groups is 2. The van der Waals surface area contributed by atoms with E-state index in [2.05, 4.69) is 5.32 Å². The standard InChI is InChI=1S/C29H33N3O6S/c1-3-31(4-2)39(35,36)24-16-14-23(15-17-24)37-21-28(33)32-20-27(38-26-13-9-8-12-25(26)32)29(34)30-19-18-22-10-6-5-7-11-22/h5-17,27H,3-4,18-21H2,1-2H3,(H,30,34)/t27-/m1/s1. The SMILES string of the molecule is CCN(CC)S(=O)(=O)c1ccc(OCC(=O)N2C[C@H](C(=O)NCCc3ccccc3)Oc3ccccc32)cc1. The van der Waals surface area contributed by atoms with Crippen LogP contribution in [0, 0.1) is 0 Å². The van der Waals surface area contributed by atoms with E-state index in [-0.39, 0.29) is 29.9 Å². The third-order valence-electron chi connectivity index (χ3n) is 6.45. The first-order valence-corrected chi connectivity index (χ1v) is 14.4. The Hall–Kier alpha value is -3.89. The number of hydrogen-bond acceptors (Lipinski definition) is 6. The van der Waals surface area contributed by atoms with Crippen molar-refractivity contribution in [3.63, 3.8) is 0 Å². The smallest absolute Gasteiger partial charge is 0.265 e. The fraction of sp³-hybridized carbons (Fsp3) is 0.310. The van der Waals surface area contributed by atoms with Crippen molar-refractivity contribution in [2.45, 2.75) is 31.3 Å². The topological polar surface area (TPSA) is 105 Å². The number of hydrogen-bond donors (Lipinski definition) is 1. The molecule has 0 aromatic heterocycles. The van der Waals surface area contributed by atoms with Crippen LogP contribution in [0.15, 0.2) is 83.8 Å². The molecule has 4 rings (SSSR count). The van der Waals surface area contributed by atoms with Crippen LogP contribution in [-0.4, -0.2) is 63.4 Å². The molecule has 39 heavy (non-hydrogen) atoms. The van der Waals surface area contributed by atoms with Crippen LogP contribution >= 0.6 is 0 Å². The molecule has 206 valence electrons. The van der Waals surface area contributed by atoms with Crippen molar-refractivity contribution in [1.82, 2.24) is 9.62 Å². The number of fused-ring (bicyclic) bond motifs is 1. The fourth-order valence-electron chi connectivity index (χ4n) is 4.34. The molecule has 1 aliphatic heterocycles. The van der Waals surface area contributed by atoms with Gasteiger partial charge in [-0.15, -0.1) is 0 Å². The van der Waals surface area contributed by atoms with E-state index in [0.717, 1.165) is 5.56 Å². The van der Waals surface area contributed by atoms with Gasteiger partial charge in [-0.1, -0.05) is 56.3 Å². The van der Waals surface area contributed by atoms with Crippen LogP contribution in [-0.2, 0) is 26.0 Å². The van der Waals surface area contributed by atoms with E-state index in [1.165, 1.54) is 33.5 Å². The maximum absolute atomic E-state index is 13.2. The van der Waals surface area contributed by atoms with Crippen molar-refractivity contribution < 1.29 is 27.5 Å². The lowest BCUT2D eigenvalue weighted by molar-refractivity contribution is -0.128. The highest BCUT2D eigenvalue weighted by Crippen LogP contribution is 2.33. The monoisotopic (exact) mass is 551 g/mol. The van der Waals surface area contributed by atoms with Crippen molar-refractivity contribution in [3.8, 4) is 11.5 Å². The first kappa shape index (κ1) is 28.1. The van der Waals surface area contributed by atoms with E-state index in [1.807, 2.05) is 30.3 Å². The van der Waals surface area contributed by atoms with E-state index in [0.29, 0.717) is 43.2 Å². The molecule has 0 fully saturated rings. The first-order valence-electron chi connectivity index (χ1n) is 12.9. The van der Waals surface area contributed by atoms with Gasteiger partial charge >= 0.3 is 0 Å². The fourth-order valence-corrected chi connectivity index (χ4v) is 5.80. The van der Waals surface area contributed by atoms with Crippen molar-refractivity contribution in [1.29, 1.82) is 0 Å². The van der Waals surface area contributed by atoms with Crippen LogP contribution in [0.25, 0.3) is 0 Å². The highest BCUT2D eigenvalue weighted by molar-refractivity contribution is 7.89. The third kappa shape index (κ3) is 6.76. The summed E-state index contributed by atoms with van der Waals surface area (Å²) in [6, 6.07) is 22.9. The van der Waals surface area contributed by atoms with Crippen LogP contribution in [0.2, 0.25) is 0 Å². The highest BCUT2D eigenvalue weighted by Gasteiger charge is 2.33. The molecule has 0 saturated heterocycles. The van der Waals surface area contributed by atoms with Gasteiger partial charge in [-0.3, -0.25) is 9.59 Å². The summed E-state index contributed by atoms with van der Waals surface area (Å²) in [6.45, 7) is 4.51. The molecule has 0 spiro atoms. The molecule has 1 atom stereocenters. The van der Waals surface area contributed by atoms with Crippen molar-refractivity contribution >= 4 is 27.5 Å². The zero-order valence-corrected chi connectivity index (χ0v) is 22.9. The maximum Gasteiger partial charge on any atom is 0.265 e. The summed E-state index contributed by atoms with van der Waals surface area (Å²) < 4.78 is 38.4. The minimum Gasteiger partial charge on any atom is -0.484 e. The second-order valence-electron chi connectivity index (χ2n) is 8.95. The number of nitrogens with one attached hydrogen (secondary N) is 1. The largest absolute Gasteiger partial charge is 0.484 e. The molecule has 2 amide bonds. The molecule has 3 aromatic rings. The van der Waals surface area contributed by atoms with Crippen molar-refractivity contribution in [3.05, 3.63) is 84.4 Å². The number of amides is 2. The molecule has 1 N–H and O–H groups in total. The summed E-state index contributed by atoms with van der Waals surface area (Å²) in [5.41, 5.74) is 1.67. The lowest BCUT2D eigenvalue weighted by Crippen LogP contribution is -2.52. The van der Waals surface area contributed by atoms with E-state index in [9.17, 15) is 18.0 Å². The number of carbonyl (C=O) groups excluding carboxylic acids is 2. The van der Waals surface area contributed by atoms with Gasteiger partial charge in [0.05, 0.1) is 17.1 Å². The molecule has 1 aliphatic rings. The summed E-state index contributed by atoms with van der Waals surface area (Å²) in [5, 5.41) is 2.90. The average molecular weight is 552 g/mol. The molecular formula is C29H33N3O6S. The number of ether oxygens (including phenoxy) is 2. The molecule has 0 bridgehead atoms. The number of rotatable bonds is 11. The summed E-state index contributed by atoms with van der Waals surface area (Å²) >= 11 is 0. The first-order chi connectivity index (χ1) is 18.8. The molecular weight excluding hydrogens is 518 g/mol. The Balaban J connectivity index is 1.38. The minimum atomic E-state index is -3.59. The van der Waals surface area contributed by atoms with Gasteiger partial charge in [0.15, 0.2) is 12.7 Å². The van der Waals surface area contributed by atoms with Crippen molar-refractivity contribution in [2.75, 3.05) is 37.7 Å². The van der Waals surface area contributed by atoms with Gasteiger partial charge in [-0.2, -0.15) is 4.31 Å². The number of nitrogens with zero attached hydrogens (tertiary/aromatic N) is 2. The van der Waals surface area contributed by atoms with Crippen LogP contribution in [0.3, 0.4) is 0 Å². The molecule has 1 heterocycles. The van der Waals surface area contributed by atoms with E-state index < -0.39 is 16.1 Å². The van der Waals surface area contributed by atoms with E-state index in [4.69, 9.17) is 9.47 Å². The zero-order valence-electron chi connectivity index (χ0n) is 22.1. The Bertz CT molecular complexity index is 1380. The van der Waals surface area contributed by atoms with Gasteiger partial charge in [0.1, 0.15) is 11.5 Å². The minimum absolute atomic E-state index is 0.0391. The Labute approximate surface area is 229 Å². The van der Waals surface area contributed by atoms with Crippen LogP contribution in [0.5, 0.6) is 11.5 Å². The average Bonchev–Trinajstić information content (AvgIpc) is 2.96. The quantitative estimate of drug-likeness (QED) is 0.392. The van der Waals surface area contributed by atoms with Crippen LogP contribution < -0.4 is 19.7 Å². The maximum atomic E-state index is 13.2. The second kappa shape index (κ2) is 12.8. The predicted molar refractivity (Wildman–Crippen MR) is 148 cm³/mol. The Morgan fingerprint density at radius 3 is 2.33 bits per heavy atom. The molecule has 0 unspecified atom stereocenters. The molecule has 9 nitrogen and oxygen atoms in total. The van der Waals surface area contributed by atoms with Crippen LogP contribution in [0.4, 0.5) is 5.69 Å². The van der Waals surface area contributed by atoms with Crippen molar-refractivity contribution in [2.24, 2.45) is 0 Å². The zero-order chi connectivity index (χ0) is 27.8. The summed E-state index contributed by atoms with van der Waals surface area (Å²) in [6.07, 6.45) is -0.189. The van der Waals surface area contributed by atoms with Gasteiger partial charge in [0, 0.05) is 19.6 Å². The highest BCUT2D eigenvalue weighted by atomic mass is 32.2. The Morgan fingerprint density at radius 1 is 0.974 bits per heavy atom. The summed E-state index contributed by atoms with van der Waals surface area (Å²) in [5.74, 6) is 0.140. The number of benzene rings is 3. The normalized spacial score (nSPS) is 14.8. The molecule has 3 aromatic carbocycles. The molecule has 0 aliphatic carbocycles. The van der Waals surface area contributed by atoms with E-state index in [1.54, 1.807) is 38.1 Å². The number of sulfonamides is 1. The Morgan fingerprint density at radius 2 is 1.64 bits per heavy atom. The number of para-hydroxylation sites is 2. The summed E-state index contributed by atoms with van der Waals surface area (Å²) in [4.78, 5) is 27.7. The lowest BCUT2D eigenvalue weighted by Gasteiger charge is -2.34. The predicted octanol–water partition coefficient (Wildman–Crippen LogP) is 3.25. The molecule has 10 heteroatoms. The van der Waals surface area contributed by atoms with Gasteiger partial charge in [0.2, 0.25) is 10.0 Å². The molecule has 0 saturated carbocycles. The second-order valence-corrected chi connectivity index (χ2v) is 10.9. The Kier molecular flexibility index (Phi) is 9.21. The van der Waals surface area contributed by atoms with Gasteiger partial charge in [0.25, 0.3) is 11.8 Å². The lowest BCUT2D eigenvalue weighted by atomic mass is 10.1. The van der Waals surface area contributed by atoms with Gasteiger partial charge in [-0.25, -0.2) is 8.42 Å². The number of anilines is 1. The van der Waals surface area contributed by atoms with Gasteiger partial charge < -0.3 is 19.7 Å². The molecule has 0 radical (unpaired) electrons. The van der Waals surface area contributed by atoms with Crippen LogP contribution in [0.1, 0.15) is 19.4 Å². The van der Waals surface area contributed by atoms with E-state index >= 15 is 0 Å². The van der Waals surface area contributed by atoms with Gasteiger partial charge in [-0.05, 0) is 48.4 Å². The summed E-state index contributed by atoms with van der Waals surface area (Å²) in [7, 11) is -3.59. The third-order valence-corrected chi connectivity index (χ3v) is 8.52.